The Hall–Kier alpha value is -1.70. The summed E-state index contributed by atoms with van der Waals surface area (Å²) in [5.74, 6) is -0.988. The fourth-order valence-electron chi connectivity index (χ4n) is 8.66. The molecule has 3 fully saturated rings. The van der Waals surface area contributed by atoms with Crippen LogP contribution in [0.4, 0.5) is 0 Å². The Morgan fingerprint density at radius 3 is 1.13 bits per heavy atom. The molecule has 0 aromatic carbocycles. The summed E-state index contributed by atoms with van der Waals surface area (Å²) in [6, 6.07) is 0. The van der Waals surface area contributed by atoms with Crippen molar-refractivity contribution in [3.8, 4) is 0 Å². The summed E-state index contributed by atoms with van der Waals surface area (Å²) in [6.07, 6.45) is -1.33. The molecule has 0 aromatic rings. The van der Waals surface area contributed by atoms with Gasteiger partial charge in [-0.1, -0.05) is 142 Å². The van der Waals surface area contributed by atoms with E-state index in [9.17, 15) is 60.7 Å². The predicted molar refractivity (Wildman–Crippen MR) is 248 cm³/mol. The molecular weight excluding hydrogens is 909 g/mol. The van der Waals surface area contributed by atoms with E-state index in [1.54, 1.807) is 0 Å². The van der Waals surface area contributed by atoms with Crippen LogP contribution in [-0.4, -0.2) is 194 Å². The molecule has 0 bridgehead atoms. The van der Waals surface area contributed by atoms with Crippen LogP contribution in [0.2, 0.25) is 0 Å². The molecule has 3 rings (SSSR count). The second kappa shape index (κ2) is 35.5. The number of aliphatic hydroxyl groups is 10. The normalized spacial score (nSPS) is 32.2. The first kappa shape index (κ1) is 61.6. The second-order valence-corrected chi connectivity index (χ2v) is 19.1. The highest BCUT2D eigenvalue weighted by Crippen LogP contribution is 2.28. The molecule has 0 saturated carbocycles. The van der Waals surface area contributed by atoms with Gasteiger partial charge in [0.05, 0.1) is 26.4 Å². The lowest BCUT2D eigenvalue weighted by Gasteiger charge is -2.44. The van der Waals surface area contributed by atoms with E-state index in [1.165, 1.54) is 83.5 Å². The Balaban J connectivity index is 1.52. The first-order chi connectivity index (χ1) is 33.2. The van der Waals surface area contributed by atoms with Gasteiger partial charge in [-0.05, 0) is 12.8 Å². The van der Waals surface area contributed by atoms with Crippen molar-refractivity contribution >= 4 is 11.9 Å². The van der Waals surface area contributed by atoms with Crippen LogP contribution in [0.25, 0.3) is 0 Å². The monoisotopic (exact) mass is 999 g/mol. The number of hydrogen-bond acceptors (Lipinski definition) is 20. The van der Waals surface area contributed by atoms with Crippen LogP contribution in [0.5, 0.6) is 0 Å². The van der Waals surface area contributed by atoms with E-state index < -0.39 is 137 Å². The lowest BCUT2D eigenvalue weighted by Crippen LogP contribution is -2.62. The standard InChI is InChI=1S/C49H90O20/c1-3-5-7-9-11-13-15-17-19-21-23-25-36(51)62-28-32(66-37(52)26-24-22-20-18-16-14-12-10-8-6-4-2)29-63-47-45(60)42(57)39(54)34(68-47)31-65-49-46(61)43(58)40(55)35(69-49)30-64-48-44(59)41(56)38(53)33(27-50)67-48/h32-35,38-50,53-61H,3-31H2,1-2H3/t32-,33-,34-,35-,38-,39-,40-,41+,42+,43+,44-,45-,46-,47-,48-,49-/m1/s1. The molecule has 0 amide bonds. The third-order valence-electron chi connectivity index (χ3n) is 13.2. The number of unbranched alkanes of at least 4 members (excludes halogenated alkanes) is 20. The molecule has 3 saturated heterocycles. The van der Waals surface area contributed by atoms with Gasteiger partial charge in [-0.25, -0.2) is 0 Å². The van der Waals surface area contributed by atoms with E-state index in [-0.39, 0.29) is 19.4 Å². The van der Waals surface area contributed by atoms with Crippen molar-refractivity contribution < 1.29 is 98.5 Å². The van der Waals surface area contributed by atoms with Crippen molar-refractivity contribution in [1.29, 1.82) is 0 Å². The molecule has 406 valence electrons. The minimum absolute atomic E-state index is 0.134. The largest absolute Gasteiger partial charge is 0.462 e. The van der Waals surface area contributed by atoms with Gasteiger partial charge in [0.1, 0.15) is 79.9 Å². The summed E-state index contributed by atoms with van der Waals surface area (Å²) in [4.78, 5) is 25.8. The molecule has 20 heteroatoms. The van der Waals surface area contributed by atoms with Gasteiger partial charge in [0.15, 0.2) is 25.0 Å². The lowest BCUT2D eigenvalue weighted by atomic mass is 9.98. The second-order valence-electron chi connectivity index (χ2n) is 19.1. The zero-order valence-corrected chi connectivity index (χ0v) is 41.3. The van der Waals surface area contributed by atoms with Crippen molar-refractivity contribution in [2.24, 2.45) is 0 Å². The van der Waals surface area contributed by atoms with E-state index in [4.69, 9.17) is 37.9 Å². The smallest absolute Gasteiger partial charge is 0.306 e. The third kappa shape index (κ3) is 22.5. The third-order valence-corrected chi connectivity index (χ3v) is 13.2. The highest BCUT2D eigenvalue weighted by molar-refractivity contribution is 5.70. The highest BCUT2D eigenvalue weighted by atomic mass is 16.7. The summed E-state index contributed by atoms with van der Waals surface area (Å²) in [6.45, 7) is 1.67. The first-order valence-corrected chi connectivity index (χ1v) is 26.1. The number of carbonyl (C=O) groups excluding carboxylic acids is 2. The van der Waals surface area contributed by atoms with Gasteiger partial charge >= 0.3 is 11.9 Å². The van der Waals surface area contributed by atoms with Crippen molar-refractivity contribution in [3.05, 3.63) is 0 Å². The van der Waals surface area contributed by atoms with E-state index in [1.807, 2.05) is 0 Å². The summed E-state index contributed by atoms with van der Waals surface area (Å²) in [7, 11) is 0. The van der Waals surface area contributed by atoms with Crippen LogP contribution in [0.3, 0.4) is 0 Å². The van der Waals surface area contributed by atoms with E-state index in [0.29, 0.717) is 12.8 Å². The van der Waals surface area contributed by atoms with Gasteiger partial charge < -0.3 is 89.0 Å². The maximum absolute atomic E-state index is 13.0. The van der Waals surface area contributed by atoms with Gasteiger partial charge in [0, 0.05) is 12.8 Å². The Kier molecular flexibility index (Phi) is 31.6. The number of esters is 2. The maximum atomic E-state index is 13.0. The van der Waals surface area contributed by atoms with Crippen LogP contribution >= 0.6 is 0 Å². The fourth-order valence-corrected chi connectivity index (χ4v) is 8.66. The highest BCUT2D eigenvalue weighted by Gasteiger charge is 2.49. The molecule has 3 aliphatic heterocycles. The van der Waals surface area contributed by atoms with Crippen molar-refractivity contribution in [2.45, 2.75) is 266 Å². The summed E-state index contributed by atoms with van der Waals surface area (Å²) >= 11 is 0. The molecule has 16 atom stereocenters. The topological polar surface area (TPSA) is 310 Å². The molecule has 69 heavy (non-hydrogen) atoms. The van der Waals surface area contributed by atoms with Crippen LogP contribution in [0.15, 0.2) is 0 Å². The molecule has 20 nitrogen and oxygen atoms in total. The van der Waals surface area contributed by atoms with Crippen molar-refractivity contribution in [2.75, 3.05) is 33.0 Å². The zero-order chi connectivity index (χ0) is 50.6. The summed E-state index contributed by atoms with van der Waals surface area (Å²) < 4.78 is 44.8. The van der Waals surface area contributed by atoms with Crippen LogP contribution in [0.1, 0.15) is 168 Å². The number of rotatable bonds is 37. The average Bonchev–Trinajstić information content (AvgIpc) is 3.34. The number of hydrogen-bond donors (Lipinski definition) is 10. The van der Waals surface area contributed by atoms with Gasteiger partial charge in [-0.15, -0.1) is 0 Å². The first-order valence-electron chi connectivity index (χ1n) is 26.1. The number of ether oxygens (including phenoxy) is 8. The Bertz CT molecular complexity index is 1330. The molecule has 0 aromatic heterocycles. The summed E-state index contributed by atoms with van der Waals surface area (Å²) in [5, 5.41) is 104. The van der Waals surface area contributed by atoms with E-state index >= 15 is 0 Å². The molecular formula is C49H90O20. The Labute approximate surface area is 408 Å². The van der Waals surface area contributed by atoms with Gasteiger partial charge in [-0.3, -0.25) is 9.59 Å². The predicted octanol–water partition coefficient (Wildman–Crippen LogP) is 2.31. The van der Waals surface area contributed by atoms with Crippen LogP contribution < -0.4 is 0 Å². The molecule has 10 N–H and O–H groups in total. The quantitative estimate of drug-likeness (QED) is 0.0315. The molecule has 0 unspecified atom stereocenters. The lowest BCUT2D eigenvalue weighted by molar-refractivity contribution is -0.343. The minimum Gasteiger partial charge on any atom is -0.462 e. The fraction of sp³-hybridized carbons (Fsp3) is 0.959. The molecule has 3 aliphatic rings. The summed E-state index contributed by atoms with van der Waals surface area (Å²) in [5.41, 5.74) is 0. The average molecular weight is 999 g/mol. The minimum atomic E-state index is -1.86. The number of aliphatic hydroxyl groups excluding tert-OH is 10. The van der Waals surface area contributed by atoms with Crippen LogP contribution in [-0.2, 0) is 47.5 Å². The SMILES string of the molecule is CCCCCCCCCCCCCC(=O)OC[C@H](CO[C@@H]1O[C@H](CO[C@@H]2O[C@H](CO[C@@H]3O[C@H](CO)[C@@H](O)[C@H](O)[C@H]3O)[C@@H](O)[C@H](O)[C@H]2O)[C@@H](O)[C@H](O)[C@H]1O)OC(=O)CCCCCCCCCCCCC. The van der Waals surface area contributed by atoms with Crippen molar-refractivity contribution in [1.82, 2.24) is 0 Å². The Morgan fingerprint density at radius 2 is 0.739 bits per heavy atom. The van der Waals surface area contributed by atoms with Gasteiger partial charge in [0.25, 0.3) is 0 Å². The van der Waals surface area contributed by atoms with E-state index in [0.717, 1.165) is 44.9 Å². The maximum Gasteiger partial charge on any atom is 0.306 e. The van der Waals surface area contributed by atoms with Crippen molar-refractivity contribution in [3.63, 3.8) is 0 Å². The molecule has 0 aliphatic carbocycles. The Morgan fingerprint density at radius 1 is 0.406 bits per heavy atom. The van der Waals surface area contributed by atoms with Gasteiger partial charge in [-0.2, -0.15) is 0 Å². The number of carbonyl (C=O) groups is 2. The molecule has 0 radical (unpaired) electrons. The zero-order valence-electron chi connectivity index (χ0n) is 41.3. The van der Waals surface area contributed by atoms with Crippen LogP contribution in [0, 0.1) is 0 Å². The van der Waals surface area contributed by atoms with Gasteiger partial charge in [0.2, 0.25) is 0 Å². The van der Waals surface area contributed by atoms with E-state index in [2.05, 4.69) is 13.8 Å². The molecule has 3 heterocycles. The molecule has 0 spiro atoms.